The number of nitrogens with one attached hydrogen (secondary N) is 1. The molecule has 28 heavy (non-hydrogen) atoms. The molecule has 0 aliphatic rings. The van der Waals surface area contributed by atoms with Gasteiger partial charge in [-0.25, -0.2) is 4.79 Å². The molecule has 5 nitrogen and oxygen atoms in total. The zero-order valence-electron chi connectivity index (χ0n) is 15.9. The molecular formula is C23H26N2O3. The topological polar surface area (TPSA) is 75.1 Å². The fourth-order valence-electron chi connectivity index (χ4n) is 3.47. The lowest BCUT2D eigenvalue weighted by Crippen LogP contribution is -2.17. The third-order valence-electron chi connectivity index (χ3n) is 4.87. The van der Waals surface area contributed by atoms with Crippen molar-refractivity contribution in [3.8, 4) is 22.5 Å². The van der Waals surface area contributed by atoms with E-state index in [4.69, 9.17) is 5.11 Å². The lowest BCUT2D eigenvalue weighted by molar-refractivity contribution is -0.137. The largest absolute Gasteiger partial charge is 0.481 e. The fraction of sp³-hybridized carbons (Fsp3) is 0.304. The Balaban J connectivity index is 1.76. The van der Waals surface area contributed by atoms with Crippen molar-refractivity contribution < 1.29 is 9.90 Å². The molecule has 5 heteroatoms. The Labute approximate surface area is 164 Å². The molecule has 146 valence electrons. The van der Waals surface area contributed by atoms with E-state index in [9.17, 15) is 9.59 Å². The maximum absolute atomic E-state index is 12.7. The van der Waals surface area contributed by atoms with Crippen LogP contribution in [0.25, 0.3) is 22.5 Å². The van der Waals surface area contributed by atoms with Crippen LogP contribution in [0.1, 0.15) is 38.5 Å². The van der Waals surface area contributed by atoms with Crippen LogP contribution in [-0.2, 0) is 11.3 Å². The second-order valence-electron chi connectivity index (χ2n) is 6.95. The molecule has 1 aromatic heterocycles. The number of unbranched alkanes of at least 4 members (excludes halogenated alkanes) is 4. The summed E-state index contributed by atoms with van der Waals surface area (Å²) in [5, 5.41) is 8.69. The van der Waals surface area contributed by atoms with E-state index in [1.165, 1.54) is 0 Å². The Morgan fingerprint density at radius 2 is 1.39 bits per heavy atom. The van der Waals surface area contributed by atoms with Crippen LogP contribution in [0.4, 0.5) is 0 Å². The van der Waals surface area contributed by atoms with Gasteiger partial charge in [-0.05, 0) is 12.8 Å². The molecule has 0 atom stereocenters. The molecule has 0 aliphatic heterocycles. The number of aromatic nitrogens is 2. The van der Waals surface area contributed by atoms with Crippen LogP contribution in [0.2, 0.25) is 0 Å². The minimum absolute atomic E-state index is 0.0939. The Bertz CT molecular complexity index is 943. The molecule has 0 aliphatic carbocycles. The number of carboxylic acid groups (broad SMARTS) is 1. The third kappa shape index (κ3) is 5.00. The van der Waals surface area contributed by atoms with E-state index in [0.29, 0.717) is 13.0 Å². The minimum atomic E-state index is -0.736. The molecule has 0 radical (unpaired) electrons. The number of H-pyrrole nitrogens is 1. The van der Waals surface area contributed by atoms with Crippen LogP contribution in [0, 0.1) is 0 Å². The summed E-state index contributed by atoms with van der Waals surface area (Å²) in [5.74, 6) is -0.736. The van der Waals surface area contributed by atoms with E-state index in [0.717, 1.165) is 48.2 Å². The van der Waals surface area contributed by atoms with Crippen molar-refractivity contribution in [2.45, 2.75) is 45.1 Å². The second-order valence-corrected chi connectivity index (χ2v) is 6.95. The molecule has 3 rings (SSSR count). The van der Waals surface area contributed by atoms with Crippen molar-refractivity contribution in [2.24, 2.45) is 0 Å². The highest BCUT2D eigenvalue weighted by Crippen LogP contribution is 2.29. The summed E-state index contributed by atoms with van der Waals surface area (Å²) in [6, 6.07) is 19.9. The van der Waals surface area contributed by atoms with Crippen molar-refractivity contribution in [3.63, 3.8) is 0 Å². The molecule has 1 heterocycles. The number of aliphatic carboxylic acids is 1. The number of hydrogen-bond acceptors (Lipinski definition) is 2. The number of carboxylic acids is 1. The monoisotopic (exact) mass is 378 g/mol. The van der Waals surface area contributed by atoms with Gasteiger partial charge in [0, 0.05) is 24.1 Å². The molecular weight excluding hydrogens is 352 g/mol. The Morgan fingerprint density at radius 1 is 0.821 bits per heavy atom. The van der Waals surface area contributed by atoms with Crippen LogP contribution in [0.3, 0.4) is 0 Å². The van der Waals surface area contributed by atoms with E-state index in [-0.39, 0.29) is 12.1 Å². The van der Waals surface area contributed by atoms with Gasteiger partial charge < -0.3 is 10.1 Å². The number of nitrogens with zero attached hydrogens (tertiary/aromatic N) is 1. The summed E-state index contributed by atoms with van der Waals surface area (Å²) in [5.41, 5.74) is 3.68. The van der Waals surface area contributed by atoms with Gasteiger partial charge in [0.05, 0.1) is 11.4 Å². The first-order valence-electron chi connectivity index (χ1n) is 9.82. The van der Waals surface area contributed by atoms with Gasteiger partial charge in [0.25, 0.3) is 0 Å². The normalized spacial score (nSPS) is 10.9. The SMILES string of the molecule is O=C(O)CCCCCCCn1c(-c2ccccc2)c(-c2ccccc2)[nH]c1=O. The molecule has 0 fully saturated rings. The molecule has 2 N–H and O–H groups in total. The molecule has 0 amide bonds. The lowest BCUT2D eigenvalue weighted by Gasteiger charge is -2.10. The van der Waals surface area contributed by atoms with E-state index in [1.54, 1.807) is 0 Å². The predicted octanol–water partition coefficient (Wildman–Crippen LogP) is 4.94. The van der Waals surface area contributed by atoms with Crippen molar-refractivity contribution >= 4 is 5.97 Å². The van der Waals surface area contributed by atoms with Crippen LogP contribution < -0.4 is 5.69 Å². The summed E-state index contributed by atoms with van der Waals surface area (Å²) in [7, 11) is 0. The number of benzene rings is 2. The molecule has 0 saturated heterocycles. The summed E-state index contributed by atoms with van der Waals surface area (Å²) in [6.45, 7) is 0.644. The molecule has 2 aromatic carbocycles. The highest BCUT2D eigenvalue weighted by Gasteiger charge is 2.16. The Morgan fingerprint density at radius 3 is 2.04 bits per heavy atom. The predicted molar refractivity (Wildman–Crippen MR) is 111 cm³/mol. The Kier molecular flexibility index (Phi) is 6.84. The van der Waals surface area contributed by atoms with E-state index in [2.05, 4.69) is 4.98 Å². The quantitative estimate of drug-likeness (QED) is 0.491. The maximum Gasteiger partial charge on any atom is 0.326 e. The van der Waals surface area contributed by atoms with E-state index in [1.807, 2.05) is 65.2 Å². The number of aromatic amines is 1. The van der Waals surface area contributed by atoms with Crippen molar-refractivity contribution in [1.29, 1.82) is 0 Å². The van der Waals surface area contributed by atoms with Crippen LogP contribution in [-0.4, -0.2) is 20.6 Å². The number of hydrogen-bond donors (Lipinski definition) is 2. The summed E-state index contributed by atoms with van der Waals surface area (Å²) in [4.78, 5) is 26.3. The summed E-state index contributed by atoms with van der Waals surface area (Å²) < 4.78 is 1.83. The van der Waals surface area contributed by atoms with E-state index < -0.39 is 5.97 Å². The fourth-order valence-corrected chi connectivity index (χ4v) is 3.47. The number of carbonyl (C=O) groups is 1. The smallest absolute Gasteiger partial charge is 0.326 e. The maximum atomic E-state index is 12.7. The zero-order chi connectivity index (χ0) is 19.8. The second kappa shape index (κ2) is 9.74. The van der Waals surface area contributed by atoms with Gasteiger partial charge in [0.15, 0.2) is 0 Å². The first-order chi connectivity index (χ1) is 13.7. The first-order valence-corrected chi connectivity index (χ1v) is 9.82. The third-order valence-corrected chi connectivity index (χ3v) is 4.87. The van der Waals surface area contributed by atoms with Crippen LogP contribution in [0.15, 0.2) is 65.5 Å². The Hall–Kier alpha value is -3.08. The summed E-state index contributed by atoms with van der Waals surface area (Å²) in [6.07, 6.45) is 4.71. The van der Waals surface area contributed by atoms with Gasteiger partial charge in [-0.2, -0.15) is 0 Å². The first kappa shape index (κ1) is 19.7. The van der Waals surface area contributed by atoms with E-state index >= 15 is 0 Å². The van der Waals surface area contributed by atoms with Crippen LogP contribution >= 0.6 is 0 Å². The van der Waals surface area contributed by atoms with Crippen molar-refractivity contribution in [1.82, 2.24) is 9.55 Å². The molecule has 0 spiro atoms. The highest BCUT2D eigenvalue weighted by molar-refractivity contribution is 5.78. The molecule has 0 unspecified atom stereocenters. The van der Waals surface area contributed by atoms with Crippen molar-refractivity contribution in [3.05, 3.63) is 71.1 Å². The van der Waals surface area contributed by atoms with Gasteiger partial charge in [0.2, 0.25) is 0 Å². The zero-order valence-corrected chi connectivity index (χ0v) is 15.9. The van der Waals surface area contributed by atoms with Crippen LogP contribution in [0.5, 0.6) is 0 Å². The highest BCUT2D eigenvalue weighted by atomic mass is 16.4. The minimum Gasteiger partial charge on any atom is -0.481 e. The average molecular weight is 378 g/mol. The van der Waals surface area contributed by atoms with Crippen molar-refractivity contribution in [2.75, 3.05) is 0 Å². The van der Waals surface area contributed by atoms with Gasteiger partial charge in [-0.3, -0.25) is 9.36 Å². The molecule has 0 saturated carbocycles. The van der Waals surface area contributed by atoms with Gasteiger partial charge >= 0.3 is 11.7 Å². The van der Waals surface area contributed by atoms with Gasteiger partial charge in [-0.15, -0.1) is 0 Å². The van der Waals surface area contributed by atoms with Gasteiger partial charge in [-0.1, -0.05) is 79.9 Å². The summed E-state index contributed by atoms with van der Waals surface area (Å²) >= 11 is 0. The lowest BCUT2D eigenvalue weighted by atomic mass is 10.0. The van der Waals surface area contributed by atoms with Gasteiger partial charge in [0.1, 0.15) is 0 Å². The average Bonchev–Trinajstić information content (AvgIpc) is 3.04. The number of rotatable bonds is 10. The number of imidazole rings is 1. The molecule has 3 aromatic rings. The standard InChI is InChI=1S/C23H26N2O3/c26-20(27)16-10-2-1-3-11-17-25-22(19-14-8-5-9-15-19)21(24-23(25)28)18-12-6-4-7-13-18/h4-9,12-15H,1-3,10-11,16-17H2,(H,24,28)(H,26,27). The molecule has 0 bridgehead atoms.